The number of amides is 2. The summed E-state index contributed by atoms with van der Waals surface area (Å²) in [5.74, 6) is 0. The van der Waals surface area contributed by atoms with E-state index in [1.54, 1.807) is 5.12 Å². The third kappa shape index (κ3) is 1.99. The quantitative estimate of drug-likeness (QED) is 0.763. The van der Waals surface area contributed by atoms with Gasteiger partial charge in [0.15, 0.2) is 0 Å². The van der Waals surface area contributed by atoms with Crippen molar-refractivity contribution in [2.45, 2.75) is 0 Å². The maximum absolute atomic E-state index is 12.1. The molecule has 1 aromatic heterocycles. The van der Waals surface area contributed by atoms with E-state index >= 15 is 0 Å². The summed E-state index contributed by atoms with van der Waals surface area (Å²) in [7, 11) is 0. The standard InChI is InChI=1S/C14H11N5OS/c20-13-16-17-19(18(13)10-6-2-1-3-7-10)14-15-11-8-4-5-9-12(11)21-14/h1-9,17H,(H,16,20). The fraction of sp³-hybridized carbons (Fsp3) is 0. The van der Waals surface area contributed by atoms with Crippen molar-refractivity contribution in [1.82, 2.24) is 15.9 Å². The van der Waals surface area contributed by atoms with Gasteiger partial charge in [0.25, 0.3) is 0 Å². The summed E-state index contributed by atoms with van der Waals surface area (Å²) in [6.07, 6.45) is 0. The van der Waals surface area contributed by atoms with Gasteiger partial charge in [-0.05, 0) is 24.3 Å². The van der Waals surface area contributed by atoms with Crippen LogP contribution in [0.2, 0.25) is 0 Å². The summed E-state index contributed by atoms with van der Waals surface area (Å²) in [4.78, 5) is 16.6. The molecule has 0 bridgehead atoms. The van der Waals surface area contributed by atoms with Crippen LogP contribution in [0.4, 0.5) is 15.6 Å². The number of urea groups is 1. The summed E-state index contributed by atoms with van der Waals surface area (Å²) in [6.45, 7) is 0. The molecule has 104 valence electrons. The molecule has 0 radical (unpaired) electrons. The van der Waals surface area contributed by atoms with Crippen LogP contribution in [0.25, 0.3) is 10.2 Å². The molecule has 0 aliphatic carbocycles. The highest BCUT2D eigenvalue weighted by Crippen LogP contribution is 2.31. The Hall–Kier alpha value is -2.64. The number of nitrogens with zero attached hydrogens (tertiary/aromatic N) is 3. The van der Waals surface area contributed by atoms with Crippen LogP contribution >= 0.6 is 11.3 Å². The Labute approximate surface area is 124 Å². The molecule has 2 N–H and O–H groups in total. The normalized spacial score (nSPS) is 14.8. The van der Waals surface area contributed by atoms with Crippen molar-refractivity contribution < 1.29 is 4.79 Å². The van der Waals surface area contributed by atoms with Crippen molar-refractivity contribution in [2.75, 3.05) is 10.1 Å². The van der Waals surface area contributed by atoms with E-state index in [0.29, 0.717) is 5.13 Å². The first-order valence-corrected chi connectivity index (χ1v) is 7.21. The van der Waals surface area contributed by atoms with Crippen molar-refractivity contribution in [1.29, 1.82) is 0 Å². The van der Waals surface area contributed by atoms with Crippen molar-refractivity contribution in [3.63, 3.8) is 0 Å². The van der Waals surface area contributed by atoms with E-state index in [4.69, 9.17) is 0 Å². The van der Waals surface area contributed by atoms with Gasteiger partial charge < -0.3 is 0 Å². The maximum atomic E-state index is 12.1. The lowest BCUT2D eigenvalue weighted by Crippen LogP contribution is -2.43. The second kappa shape index (κ2) is 4.72. The van der Waals surface area contributed by atoms with Gasteiger partial charge in [0.2, 0.25) is 5.13 Å². The van der Waals surface area contributed by atoms with Gasteiger partial charge in [-0.1, -0.05) is 41.7 Å². The lowest BCUT2D eigenvalue weighted by atomic mass is 10.3. The van der Waals surface area contributed by atoms with Crippen molar-refractivity contribution >= 4 is 38.4 Å². The van der Waals surface area contributed by atoms with Gasteiger partial charge in [-0.2, -0.15) is 10.1 Å². The van der Waals surface area contributed by atoms with Gasteiger partial charge in [0.1, 0.15) is 0 Å². The minimum Gasteiger partial charge on any atom is -0.252 e. The van der Waals surface area contributed by atoms with Gasteiger partial charge >= 0.3 is 6.03 Å². The Morgan fingerprint density at radius 2 is 1.76 bits per heavy atom. The smallest absolute Gasteiger partial charge is 0.252 e. The Morgan fingerprint density at radius 1 is 1.00 bits per heavy atom. The van der Waals surface area contributed by atoms with Crippen LogP contribution in [0.1, 0.15) is 0 Å². The summed E-state index contributed by atoms with van der Waals surface area (Å²) >= 11 is 1.51. The predicted octanol–water partition coefficient (Wildman–Crippen LogP) is 2.67. The number of hydrogen-bond acceptors (Lipinski definition) is 5. The Kier molecular flexibility index (Phi) is 2.73. The number of carbonyl (C=O) groups excluding carboxylic acids is 1. The molecule has 2 aromatic carbocycles. The Morgan fingerprint density at radius 3 is 2.57 bits per heavy atom. The molecule has 1 aliphatic heterocycles. The monoisotopic (exact) mass is 297 g/mol. The van der Waals surface area contributed by atoms with Crippen LogP contribution in [-0.2, 0) is 0 Å². The third-order valence-corrected chi connectivity index (χ3v) is 4.14. The highest BCUT2D eigenvalue weighted by molar-refractivity contribution is 7.22. The zero-order valence-corrected chi connectivity index (χ0v) is 11.7. The highest BCUT2D eigenvalue weighted by atomic mass is 32.1. The molecule has 0 unspecified atom stereocenters. The molecule has 1 saturated heterocycles. The van der Waals surface area contributed by atoms with E-state index in [0.717, 1.165) is 15.9 Å². The number of carbonyl (C=O) groups is 1. The van der Waals surface area contributed by atoms with E-state index in [1.807, 2.05) is 54.6 Å². The topological polar surface area (TPSA) is 60.5 Å². The minimum atomic E-state index is -0.250. The molecule has 0 saturated carbocycles. The molecule has 7 heteroatoms. The number of rotatable bonds is 2. The van der Waals surface area contributed by atoms with Crippen LogP contribution in [0, 0.1) is 0 Å². The fourth-order valence-corrected chi connectivity index (χ4v) is 3.10. The first kappa shape index (κ1) is 12.1. The van der Waals surface area contributed by atoms with E-state index in [9.17, 15) is 4.79 Å². The number of thiazole rings is 1. The molecule has 2 amide bonds. The minimum absolute atomic E-state index is 0.250. The summed E-state index contributed by atoms with van der Waals surface area (Å²) in [5, 5.41) is 3.82. The van der Waals surface area contributed by atoms with E-state index in [1.165, 1.54) is 16.3 Å². The van der Waals surface area contributed by atoms with Crippen molar-refractivity contribution in [3.05, 3.63) is 54.6 Å². The molecule has 0 atom stereocenters. The maximum Gasteiger partial charge on any atom is 0.358 e. The molecular weight excluding hydrogens is 286 g/mol. The number of aromatic nitrogens is 1. The molecular formula is C14H11N5OS. The molecule has 2 heterocycles. The first-order valence-electron chi connectivity index (χ1n) is 6.39. The summed E-state index contributed by atoms with van der Waals surface area (Å²) < 4.78 is 1.07. The average Bonchev–Trinajstić information content (AvgIpc) is 3.11. The van der Waals surface area contributed by atoms with E-state index in [2.05, 4.69) is 15.9 Å². The first-order chi connectivity index (χ1) is 10.3. The van der Waals surface area contributed by atoms with E-state index < -0.39 is 0 Å². The van der Waals surface area contributed by atoms with E-state index in [-0.39, 0.29) is 6.03 Å². The Balaban J connectivity index is 1.77. The SMILES string of the molecule is O=C1NNN(c2nc3ccccc3s2)N1c1ccccc1. The Bertz CT molecular complexity index is 770. The number of hydrazine groups is 3. The number of nitrogens with one attached hydrogen (secondary N) is 2. The largest absolute Gasteiger partial charge is 0.358 e. The lowest BCUT2D eigenvalue weighted by Gasteiger charge is -2.23. The second-order valence-electron chi connectivity index (χ2n) is 4.47. The highest BCUT2D eigenvalue weighted by Gasteiger charge is 2.32. The van der Waals surface area contributed by atoms with Crippen LogP contribution in [0.5, 0.6) is 0 Å². The van der Waals surface area contributed by atoms with Crippen LogP contribution in [-0.4, -0.2) is 11.0 Å². The van der Waals surface area contributed by atoms with Crippen LogP contribution in [0.3, 0.4) is 0 Å². The zero-order valence-electron chi connectivity index (χ0n) is 10.9. The van der Waals surface area contributed by atoms with Gasteiger partial charge in [-0.25, -0.2) is 9.78 Å². The average molecular weight is 297 g/mol. The molecule has 3 aromatic rings. The number of hydrogen-bond donors (Lipinski definition) is 2. The second-order valence-corrected chi connectivity index (χ2v) is 5.47. The van der Waals surface area contributed by atoms with Gasteiger partial charge in [0.05, 0.1) is 15.9 Å². The van der Waals surface area contributed by atoms with Gasteiger partial charge in [-0.3, -0.25) is 5.43 Å². The van der Waals surface area contributed by atoms with Crippen LogP contribution < -0.4 is 21.1 Å². The zero-order chi connectivity index (χ0) is 14.2. The number of anilines is 2. The predicted molar refractivity (Wildman–Crippen MR) is 82.7 cm³/mol. The summed E-state index contributed by atoms with van der Waals surface area (Å²) in [5.41, 5.74) is 7.10. The fourth-order valence-electron chi connectivity index (χ4n) is 2.18. The molecule has 0 spiro atoms. The molecule has 1 aliphatic rings. The van der Waals surface area contributed by atoms with Gasteiger partial charge in [-0.15, -0.1) is 5.53 Å². The molecule has 6 nitrogen and oxygen atoms in total. The van der Waals surface area contributed by atoms with Gasteiger partial charge in [0, 0.05) is 0 Å². The van der Waals surface area contributed by atoms with Crippen LogP contribution in [0.15, 0.2) is 54.6 Å². The third-order valence-electron chi connectivity index (χ3n) is 3.13. The molecule has 21 heavy (non-hydrogen) atoms. The lowest BCUT2D eigenvalue weighted by molar-refractivity contribution is 0.250. The number of para-hydroxylation sites is 2. The number of benzene rings is 2. The van der Waals surface area contributed by atoms with Crippen molar-refractivity contribution in [3.8, 4) is 0 Å². The molecule has 4 rings (SSSR count). The number of fused-ring (bicyclic) bond motifs is 1. The summed E-state index contributed by atoms with van der Waals surface area (Å²) in [6, 6.07) is 17.0. The van der Waals surface area contributed by atoms with Crippen molar-refractivity contribution in [2.24, 2.45) is 0 Å². The molecule has 1 fully saturated rings.